The van der Waals surface area contributed by atoms with E-state index in [1.165, 1.54) is 4.31 Å². The van der Waals surface area contributed by atoms with Gasteiger partial charge in [-0.3, -0.25) is 4.79 Å². The second-order valence-electron chi connectivity index (χ2n) is 4.07. The molecule has 1 saturated heterocycles. The number of aliphatic hydroxyl groups is 1. The second kappa shape index (κ2) is 6.32. The van der Waals surface area contributed by atoms with Crippen molar-refractivity contribution in [3.05, 3.63) is 0 Å². The van der Waals surface area contributed by atoms with Crippen molar-refractivity contribution >= 4 is 16.0 Å². The van der Waals surface area contributed by atoms with Crippen LogP contribution >= 0.6 is 0 Å². The van der Waals surface area contributed by atoms with Crippen molar-refractivity contribution in [3.8, 4) is 0 Å². The quantitative estimate of drug-likeness (QED) is 0.660. The average Bonchev–Trinajstić information content (AvgIpc) is 2.76. The Kier molecular flexibility index (Phi) is 5.35. The lowest BCUT2D eigenvalue weighted by Crippen LogP contribution is -2.32. The molecule has 1 fully saturated rings. The van der Waals surface area contributed by atoms with Gasteiger partial charge < -0.3 is 9.84 Å². The minimum Gasteiger partial charge on any atom is -0.466 e. The van der Waals surface area contributed by atoms with Gasteiger partial charge in [0.2, 0.25) is 10.0 Å². The largest absolute Gasteiger partial charge is 0.466 e. The molecular weight excluding hydrogens is 246 g/mol. The molecule has 0 aromatic heterocycles. The highest BCUT2D eigenvalue weighted by Gasteiger charge is 2.31. The molecule has 1 unspecified atom stereocenters. The average molecular weight is 265 g/mol. The van der Waals surface area contributed by atoms with Crippen LogP contribution in [0.3, 0.4) is 0 Å². The van der Waals surface area contributed by atoms with Crippen LogP contribution in [0, 0.1) is 5.92 Å². The molecule has 1 aliphatic heterocycles. The summed E-state index contributed by atoms with van der Waals surface area (Å²) in [5.74, 6) is -0.689. The molecule has 7 heteroatoms. The van der Waals surface area contributed by atoms with E-state index in [4.69, 9.17) is 5.11 Å². The number of carbonyl (C=O) groups excluding carboxylic acids is 1. The number of carbonyl (C=O) groups is 1. The molecule has 100 valence electrons. The number of hydrogen-bond donors (Lipinski definition) is 1. The van der Waals surface area contributed by atoms with Gasteiger partial charge in [0.15, 0.2) is 0 Å². The SMILES string of the molecule is CCOC(=O)CCS(=O)(=O)N1CCC(CO)C1. The topological polar surface area (TPSA) is 83.9 Å². The third-order valence-electron chi connectivity index (χ3n) is 2.77. The molecule has 0 amide bonds. The van der Waals surface area contributed by atoms with E-state index in [1.54, 1.807) is 6.92 Å². The zero-order valence-corrected chi connectivity index (χ0v) is 10.8. The molecule has 0 radical (unpaired) electrons. The van der Waals surface area contributed by atoms with Crippen LogP contribution in [0.15, 0.2) is 0 Å². The number of ether oxygens (including phenoxy) is 1. The second-order valence-corrected chi connectivity index (χ2v) is 6.15. The Morgan fingerprint density at radius 2 is 2.24 bits per heavy atom. The van der Waals surface area contributed by atoms with Crippen molar-refractivity contribution < 1.29 is 23.1 Å². The molecule has 17 heavy (non-hydrogen) atoms. The van der Waals surface area contributed by atoms with Gasteiger partial charge in [0.1, 0.15) is 0 Å². The standard InChI is InChI=1S/C10H19NO5S/c1-2-16-10(13)4-6-17(14,15)11-5-3-9(7-11)8-12/h9,12H,2-8H2,1H3. The van der Waals surface area contributed by atoms with E-state index in [2.05, 4.69) is 4.74 Å². The van der Waals surface area contributed by atoms with Crippen LogP contribution < -0.4 is 0 Å². The van der Waals surface area contributed by atoms with Crippen molar-refractivity contribution in [1.29, 1.82) is 0 Å². The van der Waals surface area contributed by atoms with Gasteiger partial charge in [-0.1, -0.05) is 0 Å². The highest BCUT2D eigenvalue weighted by atomic mass is 32.2. The van der Waals surface area contributed by atoms with Crippen molar-refractivity contribution in [2.45, 2.75) is 19.8 Å². The Labute approximate surface area is 102 Å². The molecule has 0 bridgehead atoms. The highest BCUT2D eigenvalue weighted by Crippen LogP contribution is 2.19. The number of sulfonamides is 1. The molecule has 1 heterocycles. The maximum absolute atomic E-state index is 11.8. The molecule has 1 N–H and O–H groups in total. The minimum atomic E-state index is -3.40. The van der Waals surface area contributed by atoms with Gasteiger partial charge in [-0.25, -0.2) is 12.7 Å². The van der Waals surface area contributed by atoms with E-state index in [0.717, 1.165) is 0 Å². The summed E-state index contributed by atoms with van der Waals surface area (Å²) in [6.07, 6.45) is 0.561. The summed E-state index contributed by atoms with van der Waals surface area (Å²) >= 11 is 0. The van der Waals surface area contributed by atoms with Gasteiger partial charge in [0.25, 0.3) is 0 Å². The van der Waals surface area contributed by atoms with E-state index in [0.29, 0.717) is 19.5 Å². The number of hydrogen-bond acceptors (Lipinski definition) is 5. The van der Waals surface area contributed by atoms with E-state index >= 15 is 0 Å². The first-order chi connectivity index (χ1) is 7.99. The summed E-state index contributed by atoms with van der Waals surface area (Å²) in [5.41, 5.74) is 0. The Morgan fingerprint density at radius 1 is 1.53 bits per heavy atom. The van der Waals surface area contributed by atoms with Gasteiger partial charge in [0, 0.05) is 19.7 Å². The summed E-state index contributed by atoms with van der Waals surface area (Å²) in [7, 11) is -3.40. The first-order valence-electron chi connectivity index (χ1n) is 5.74. The van der Waals surface area contributed by atoms with Crippen molar-refractivity contribution in [1.82, 2.24) is 4.31 Å². The van der Waals surface area contributed by atoms with Gasteiger partial charge in [-0.05, 0) is 19.3 Å². The fourth-order valence-electron chi connectivity index (χ4n) is 1.77. The van der Waals surface area contributed by atoms with Crippen LogP contribution in [0.5, 0.6) is 0 Å². The van der Waals surface area contributed by atoms with E-state index in [-0.39, 0.29) is 31.3 Å². The predicted molar refractivity (Wildman–Crippen MR) is 61.8 cm³/mol. The summed E-state index contributed by atoms with van der Waals surface area (Å²) in [6, 6.07) is 0. The van der Waals surface area contributed by atoms with Crippen molar-refractivity contribution in [2.24, 2.45) is 5.92 Å². The summed E-state index contributed by atoms with van der Waals surface area (Å²) in [6.45, 7) is 2.72. The predicted octanol–water partition coefficient (Wildman–Crippen LogP) is -0.416. The molecule has 1 atom stereocenters. The van der Waals surface area contributed by atoms with E-state index in [1.807, 2.05) is 0 Å². The molecule has 0 aromatic carbocycles. The molecule has 1 aliphatic rings. The van der Waals surface area contributed by atoms with Crippen LogP contribution in [-0.4, -0.2) is 55.9 Å². The third kappa shape index (κ3) is 4.25. The lowest BCUT2D eigenvalue weighted by atomic mass is 10.1. The fraction of sp³-hybridized carbons (Fsp3) is 0.900. The smallest absolute Gasteiger partial charge is 0.306 e. The molecule has 0 saturated carbocycles. The Hall–Kier alpha value is -0.660. The van der Waals surface area contributed by atoms with Crippen LogP contribution in [0.1, 0.15) is 19.8 Å². The Morgan fingerprint density at radius 3 is 2.76 bits per heavy atom. The zero-order valence-electron chi connectivity index (χ0n) is 9.96. The first-order valence-corrected chi connectivity index (χ1v) is 7.34. The molecule has 1 rings (SSSR count). The monoisotopic (exact) mass is 265 g/mol. The Balaban J connectivity index is 2.44. The lowest BCUT2D eigenvalue weighted by Gasteiger charge is -2.15. The number of nitrogens with zero attached hydrogens (tertiary/aromatic N) is 1. The fourth-order valence-corrected chi connectivity index (χ4v) is 3.28. The van der Waals surface area contributed by atoms with Crippen molar-refractivity contribution in [3.63, 3.8) is 0 Å². The van der Waals surface area contributed by atoms with Gasteiger partial charge in [-0.2, -0.15) is 0 Å². The van der Waals surface area contributed by atoms with Gasteiger partial charge in [-0.15, -0.1) is 0 Å². The molecule has 0 aromatic rings. The number of aliphatic hydroxyl groups excluding tert-OH is 1. The maximum Gasteiger partial charge on any atom is 0.306 e. The van der Waals surface area contributed by atoms with Gasteiger partial charge in [0.05, 0.1) is 18.8 Å². The molecular formula is C10H19NO5S. The zero-order chi connectivity index (χ0) is 12.9. The van der Waals surface area contributed by atoms with Crippen LogP contribution in [0.4, 0.5) is 0 Å². The number of esters is 1. The lowest BCUT2D eigenvalue weighted by molar-refractivity contribution is -0.142. The normalized spacial score (nSPS) is 21.6. The van der Waals surface area contributed by atoms with Crippen molar-refractivity contribution in [2.75, 3.05) is 32.1 Å². The minimum absolute atomic E-state index is 0.00387. The third-order valence-corrected chi connectivity index (χ3v) is 4.61. The van der Waals surface area contributed by atoms with Crippen LogP contribution in [0.25, 0.3) is 0 Å². The first kappa shape index (κ1) is 14.4. The maximum atomic E-state index is 11.8. The van der Waals surface area contributed by atoms with E-state index < -0.39 is 16.0 Å². The molecule has 0 aliphatic carbocycles. The van der Waals surface area contributed by atoms with Crippen LogP contribution in [0.2, 0.25) is 0 Å². The van der Waals surface area contributed by atoms with E-state index in [9.17, 15) is 13.2 Å². The molecule has 0 spiro atoms. The summed E-state index contributed by atoms with van der Waals surface area (Å²) < 4.78 is 29.7. The number of rotatable bonds is 6. The van der Waals surface area contributed by atoms with Crippen LogP contribution in [-0.2, 0) is 19.6 Å². The highest BCUT2D eigenvalue weighted by molar-refractivity contribution is 7.89. The summed E-state index contributed by atoms with van der Waals surface area (Å²) in [4.78, 5) is 11.1. The van der Waals surface area contributed by atoms with Gasteiger partial charge >= 0.3 is 5.97 Å². The molecule has 6 nitrogen and oxygen atoms in total. The Bertz CT molecular complexity index is 354. The summed E-state index contributed by atoms with van der Waals surface area (Å²) in [5, 5.41) is 8.94.